The molecule has 1 rings (SSSR count). The fourth-order valence-corrected chi connectivity index (χ4v) is 1.60. The number of esters is 1. The van der Waals surface area contributed by atoms with Gasteiger partial charge in [-0.15, -0.1) is 0 Å². The van der Waals surface area contributed by atoms with Gasteiger partial charge in [0.1, 0.15) is 0 Å². The van der Waals surface area contributed by atoms with Gasteiger partial charge in [0.15, 0.2) is 0 Å². The van der Waals surface area contributed by atoms with E-state index in [-0.39, 0.29) is 12.0 Å². The van der Waals surface area contributed by atoms with E-state index in [1.807, 2.05) is 6.92 Å². The Labute approximate surface area is 124 Å². The second-order valence-corrected chi connectivity index (χ2v) is 4.23. The van der Waals surface area contributed by atoms with Crippen molar-refractivity contribution < 1.29 is 19.1 Å². The lowest BCUT2D eigenvalue weighted by Gasteiger charge is -2.08. The van der Waals surface area contributed by atoms with Crippen LogP contribution < -0.4 is 10.6 Å². The van der Waals surface area contributed by atoms with Crippen LogP contribution in [0.25, 0.3) is 0 Å². The molecule has 0 heterocycles. The van der Waals surface area contributed by atoms with Crippen molar-refractivity contribution in [2.45, 2.75) is 20.3 Å². The number of benzene rings is 1. The van der Waals surface area contributed by atoms with Gasteiger partial charge in [0.25, 0.3) is 0 Å². The minimum absolute atomic E-state index is 0.282. The molecule has 116 valence electrons. The summed E-state index contributed by atoms with van der Waals surface area (Å²) in [6, 6.07) is 6.26. The number of hydrogen-bond acceptors (Lipinski definition) is 4. The first-order chi connectivity index (χ1) is 10.2. The van der Waals surface area contributed by atoms with Crippen molar-refractivity contribution in [3.63, 3.8) is 0 Å². The number of carbonyl (C=O) groups excluding carboxylic acids is 2. The largest absolute Gasteiger partial charge is 0.462 e. The first kappa shape index (κ1) is 17.0. The van der Waals surface area contributed by atoms with E-state index in [1.54, 1.807) is 31.2 Å². The van der Waals surface area contributed by atoms with Crippen LogP contribution in [0.15, 0.2) is 24.3 Å². The van der Waals surface area contributed by atoms with Crippen molar-refractivity contribution >= 4 is 17.7 Å². The lowest BCUT2D eigenvalue weighted by molar-refractivity contribution is 0.0526. The van der Waals surface area contributed by atoms with E-state index < -0.39 is 0 Å². The Morgan fingerprint density at radius 1 is 1.10 bits per heavy atom. The molecule has 0 aromatic heterocycles. The fourth-order valence-electron chi connectivity index (χ4n) is 1.60. The number of carbonyl (C=O) groups is 2. The molecule has 0 unspecified atom stereocenters. The molecule has 0 saturated heterocycles. The third-order valence-corrected chi connectivity index (χ3v) is 2.61. The van der Waals surface area contributed by atoms with E-state index in [2.05, 4.69) is 10.6 Å². The second kappa shape index (κ2) is 9.77. The SMILES string of the molecule is CCOCCCNC(=O)Nc1ccc(C(=O)OCC)cc1. The molecule has 6 nitrogen and oxygen atoms in total. The smallest absolute Gasteiger partial charge is 0.338 e. The van der Waals surface area contributed by atoms with Gasteiger partial charge in [-0.1, -0.05) is 0 Å². The first-order valence-corrected chi connectivity index (χ1v) is 7.07. The minimum Gasteiger partial charge on any atom is -0.462 e. The van der Waals surface area contributed by atoms with Gasteiger partial charge in [-0.05, 0) is 44.5 Å². The van der Waals surface area contributed by atoms with Crippen molar-refractivity contribution in [1.29, 1.82) is 0 Å². The molecule has 0 aliphatic rings. The summed E-state index contributed by atoms with van der Waals surface area (Å²) in [5, 5.41) is 5.41. The van der Waals surface area contributed by atoms with Crippen LogP contribution in [0.4, 0.5) is 10.5 Å². The summed E-state index contributed by atoms with van der Waals surface area (Å²) in [7, 11) is 0. The van der Waals surface area contributed by atoms with Crippen LogP contribution in [0.3, 0.4) is 0 Å². The van der Waals surface area contributed by atoms with Gasteiger partial charge in [0, 0.05) is 25.4 Å². The maximum atomic E-state index is 11.6. The quantitative estimate of drug-likeness (QED) is 0.570. The topological polar surface area (TPSA) is 76.7 Å². The zero-order valence-corrected chi connectivity index (χ0v) is 12.5. The van der Waals surface area contributed by atoms with Crippen molar-refractivity contribution in [2.75, 3.05) is 31.7 Å². The average molecular weight is 294 g/mol. The van der Waals surface area contributed by atoms with Crippen LogP contribution in [-0.4, -0.2) is 38.4 Å². The number of ether oxygens (including phenoxy) is 2. The van der Waals surface area contributed by atoms with Gasteiger partial charge in [0.2, 0.25) is 0 Å². The van der Waals surface area contributed by atoms with Crippen molar-refractivity contribution in [2.24, 2.45) is 0 Å². The van der Waals surface area contributed by atoms with Gasteiger partial charge in [0.05, 0.1) is 12.2 Å². The number of anilines is 1. The van der Waals surface area contributed by atoms with Crippen LogP contribution in [0, 0.1) is 0 Å². The Morgan fingerprint density at radius 3 is 2.43 bits per heavy atom. The molecule has 0 atom stereocenters. The predicted molar refractivity (Wildman–Crippen MR) is 80.5 cm³/mol. The highest BCUT2D eigenvalue weighted by atomic mass is 16.5. The van der Waals surface area contributed by atoms with Gasteiger partial charge in [-0.25, -0.2) is 9.59 Å². The number of amides is 2. The molecule has 0 aliphatic carbocycles. The molecule has 0 bridgehead atoms. The molecule has 2 N–H and O–H groups in total. The molecule has 21 heavy (non-hydrogen) atoms. The summed E-state index contributed by atoms with van der Waals surface area (Å²) >= 11 is 0. The molecular weight excluding hydrogens is 272 g/mol. The van der Waals surface area contributed by atoms with Crippen LogP contribution in [0.1, 0.15) is 30.6 Å². The van der Waals surface area contributed by atoms with Crippen molar-refractivity contribution in [3.8, 4) is 0 Å². The van der Waals surface area contributed by atoms with E-state index in [9.17, 15) is 9.59 Å². The van der Waals surface area contributed by atoms with Gasteiger partial charge < -0.3 is 20.1 Å². The lowest BCUT2D eigenvalue weighted by Crippen LogP contribution is -2.30. The highest BCUT2D eigenvalue weighted by Crippen LogP contribution is 2.10. The maximum Gasteiger partial charge on any atom is 0.338 e. The molecule has 1 aromatic rings. The van der Waals surface area contributed by atoms with Crippen LogP contribution in [-0.2, 0) is 9.47 Å². The average Bonchev–Trinajstić information content (AvgIpc) is 2.48. The molecular formula is C15H22N2O4. The maximum absolute atomic E-state index is 11.6. The highest BCUT2D eigenvalue weighted by Gasteiger charge is 2.06. The van der Waals surface area contributed by atoms with E-state index in [0.29, 0.717) is 37.6 Å². The summed E-state index contributed by atoms with van der Waals surface area (Å²) in [4.78, 5) is 23.1. The molecule has 2 amide bonds. The van der Waals surface area contributed by atoms with Gasteiger partial charge >= 0.3 is 12.0 Å². The molecule has 0 spiro atoms. The Bertz CT molecular complexity index is 445. The molecule has 0 aliphatic heterocycles. The van der Waals surface area contributed by atoms with Gasteiger partial charge in [-0.2, -0.15) is 0 Å². The van der Waals surface area contributed by atoms with Crippen LogP contribution >= 0.6 is 0 Å². The third kappa shape index (κ3) is 6.76. The zero-order valence-electron chi connectivity index (χ0n) is 12.5. The summed E-state index contributed by atoms with van der Waals surface area (Å²) < 4.78 is 10.1. The zero-order chi connectivity index (χ0) is 15.5. The Kier molecular flexibility index (Phi) is 7.89. The van der Waals surface area contributed by atoms with E-state index in [1.165, 1.54) is 0 Å². The normalized spacial score (nSPS) is 10.0. The Morgan fingerprint density at radius 2 is 1.81 bits per heavy atom. The second-order valence-electron chi connectivity index (χ2n) is 4.23. The minimum atomic E-state index is -0.371. The molecule has 6 heteroatoms. The Hall–Kier alpha value is -2.08. The number of urea groups is 1. The molecule has 0 radical (unpaired) electrons. The Balaban J connectivity index is 2.34. The summed E-state index contributed by atoms with van der Waals surface area (Å²) in [5.41, 5.74) is 1.07. The highest BCUT2D eigenvalue weighted by molar-refractivity contribution is 5.92. The van der Waals surface area contributed by atoms with Gasteiger partial charge in [-0.3, -0.25) is 0 Å². The van der Waals surface area contributed by atoms with E-state index >= 15 is 0 Å². The fraction of sp³-hybridized carbons (Fsp3) is 0.467. The summed E-state index contributed by atoms with van der Waals surface area (Å²) in [6.45, 7) is 5.88. The number of nitrogens with one attached hydrogen (secondary N) is 2. The van der Waals surface area contributed by atoms with Crippen LogP contribution in [0.2, 0.25) is 0 Å². The van der Waals surface area contributed by atoms with Crippen LogP contribution in [0.5, 0.6) is 0 Å². The first-order valence-electron chi connectivity index (χ1n) is 7.07. The number of hydrogen-bond donors (Lipinski definition) is 2. The van der Waals surface area contributed by atoms with Crippen molar-refractivity contribution in [1.82, 2.24) is 5.32 Å². The van der Waals surface area contributed by atoms with E-state index in [0.717, 1.165) is 6.42 Å². The third-order valence-electron chi connectivity index (χ3n) is 2.61. The summed E-state index contributed by atoms with van der Waals surface area (Å²) in [5.74, 6) is -0.371. The summed E-state index contributed by atoms with van der Waals surface area (Å²) in [6.07, 6.45) is 0.767. The standard InChI is InChI=1S/C15H22N2O4/c1-3-20-11-5-10-16-15(19)17-13-8-6-12(7-9-13)14(18)21-4-2/h6-9H,3-5,10-11H2,1-2H3,(H2,16,17,19). The lowest BCUT2D eigenvalue weighted by atomic mass is 10.2. The monoisotopic (exact) mass is 294 g/mol. The van der Waals surface area contributed by atoms with E-state index in [4.69, 9.17) is 9.47 Å². The molecule has 0 fully saturated rings. The molecule has 0 saturated carbocycles. The number of rotatable bonds is 8. The van der Waals surface area contributed by atoms with Crippen molar-refractivity contribution in [3.05, 3.63) is 29.8 Å². The predicted octanol–water partition coefficient (Wildman–Crippen LogP) is 2.41. The molecule has 1 aromatic carbocycles.